The molecule has 0 spiro atoms. The number of imidazole rings is 1. The third-order valence-corrected chi connectivity index (χ3v) is 4.69. The predicted octanol–water partition coefficient (Wildman–Crippen LogP) is 3.58. The van der Waals surface area contributed by atoms with Gasteiger partial charge in [-0.2, -0.15) is 5.10 Å². The number of hydrogen-bond acceptors (Lipinski definition) is 4. The van der Waals surface area contributed by atoms with Crippen molar-refractivity contribution in [2.75, 3.05) is 0 Å². The van der Waals surface area contributed by atoms with Gasteiger partial charge in [0.25, 0.3) is 0 Å². The molecular weight excluding hydrogens is 306 g/mol. The molecule has 0 fully saturated rings. The van der Waals surface area contributed by atoms with Crippen molar-refractivity contribution in [3.63, 3.8) is 0 Å². The molecule has 23 heavy (non-hydrogen) atoms. The molecule has 0 unspecified atom stereocenters. The Bertz CT molecular complexity index is 949. The molecule has 116 valence electrons. The van der Waals surface area contributed by atoms with Gasteiger partial charge in [-0.05, 0) is 43.0 Å². The van der Waals surface area contributed by atoms with Crippen LogP contribution in [-0.2, 0) is 12.8 Å². The molecule has 0 saturated carbocycles. The second-order valence-electron chi connectivity index (χ2n) is 5.68. The zero-order chi connectivity index (χ0) is 15.8. The van der Waals surface area contributed by atoms with E-state index in [1.807, 2.05) is 16.8 Å². The fraction of sp³-hybridized carbons (Fsp3) is 0.235. The molecule has 0 bridgehead atoms. The van der Waals surface area contributed by atoms with Gasteiger partial charge in [-0.25, -0.2) is 14.5 Å². The van der Waals surface area contributed by atoms with Gasteiger partial charge >= 0.3 is 0 Å². The number of nitrogens with zero attached hydrogens (tertiary/aromatic N) is 4. The van der Waals surface area contributed by atoms with Crippen molar-refractivity contribution in [3.05, 3.63) is 58.7 Å². The minimum absolute atomic E-state index is 0.775. The molecule has 0 aliphatic heterocycles. The van der Waals surface area contributed by atoms with Gasteiger partial charge < -0.3 is 4.98 Å². The summed E-state index contributed by atoms with van der Waals surface area (Å²) < 4.78 is 1.90. The van der Waals surface area contributed by atoms with E-state index in [0.717, 1.165) is 41.5 Å². The Morgan fingerprint density at radius 1 is 1.17 bits per heavy atom. The summed E-state index contributed by atoms with van der Waals surface area (Å²) in [5, 5.41) is 6.66. The maximum absolute atomic E-state index is 4.65. The van der Waals surface area contributed by atoms with Gasteiger partial charge in [0, 0.05) is 24.7 Å². The number of aromatic nitrogens is 5. The summed E-state index contributed by atoms with van der Waals surface area (Å²) in [7, 11) is 0. The number of pyridine rings is 1. The number of H-pyrrole nitrogens is 1. The zero-order valence-electron chi connectivity index (χ0n) is 13.1. The number of rotatable bonds is 4. The summed E-state index contributed by atoms with van der Waals surface area (Å²) in [6, 6.07) is 8.30. The second kappa shape index (κ2) is 5.62. The van der Waals surface area contributed by atoms with Crippen molar-refractivity contribution in [1.29, 1.82) is 0 Å². The highest BCUT2D eigenvalue weighted by atomic mass is 32.1. The Kier molecular flexibility index (Phi) is 3.46. The summed E-state index contributed by atoms with van der Waals surface area (Å²) in [4.78, 5) is 13.7. The van der Waals surface area contributed by atoms with E-state index in [1.165, 1.54) is 10.4 Å². The van der Waals surface area contributed by atoms with Gasteiger partial charge in [-0.3, -0.25) is 0 Å². The first-order valence-electron chi connectivity index (χ1n) is 7.60. The molecule has 4 aromatic rings. The van der Waals surface area contributed by atoms with Gasteiger partial charge in [-0.1, -0.05) is 6.07 Å². The lowest BCUT2D eigenvalue weighted by atomic mass is 10.2. The van der Waals surface area contributed by atoms with Crippen molar-refractivity contribution in [3.8, 4) is 10.6 Å². The smallest absolute Gasteiger partial charge is 0.156 e. The Morgan fingerprint density at radius 2 is 2.09 bits per heavy atom. The fourth-order valence-electron chi connectivity index (χ4n) is 2.73. The number of fused-ring (bicyclic) bond motifs is 1. The molecular formula is C17H17N5S. The van der Waals surface area contributed by atoms with Crippen LogP contribution in [-0.4, -0.2) is 24.6 Å². The van der Waals surface area contributed by atoms with Crippen molar-refractivity contribution in [2.24, 2.45) is 0 Å². The van der Waals surface area contributed by atoms with Crippen molar-refractivity contribution >= 4 is 17.0 Å². The molecule has 0 aliphatic rings. The molecule has 4 rings (SSSR count). The average Bonchev–Trinajstić information content (AvgIpc) is 3.24. The molecule has 0 atom stereocenters. The standard InChI is InChI=1S/C17H17N5S/c1-11-8-12(2)22-17(9-11)20-16(21-22)6-5-15-18-10-13(19-15)14-4-3-7-23-14/h3-4,7-10H,5-6H2,1-2H3,(H,18,19). The summed E-state index contributed by atoms with van der Waals surface area (Å²) >= 11 is 1.70. The van der Waals surface area contributed by atoms with Gasteiger partial charge in [0.2, 0.25) is 0 Å². The number of thiophene rings is 1. The molecule has 0 radical (unpaired) electrons. The van der Waals surface area contributed by atoms with Crippen LogP contribution in [0.15, 0.2) is 35.8 Å². The maximum Gasteiger partial charge on any atom is 0.156 e. The van der Waals surface area contributed by atoms with E-state index in [1.54, 1.807) is 11.3 Å². The highest BCUT2D eigenvalue weighted by Gasteiger charge is 2.09. The highest BCUT2D eigenvalue weighted by Crippen LogP contribution is 2.22. The van der Waals surface area contributed by atoms with Crippen LogP contribution in [0.1, 0.15) is 22.9 Å². The van der Waals surface area contributed by atoms with E-state index < -0.39 is 0 Å². The van der Waals surface area contributed by atoms with E-state index in [2.05, 4.69) is 57.5 Å². The first-order valence-corrected chi connectivity index (χ1v) is 8.48. The Labute approximate surface area is 138 Å². The Morgan fingerprint density at radius 3 is 2.91 bits per heavy atom. The van der Waals surface area contributed by atoms with E-state index in [-0.39, 0.29) is 0 Å². The van der Waals surface area contributed by atoms with Crippen molar-refractivity contribution in [2.45, 2.75) is 26.7 Å². The number of aromatic amines is 1. The SMILES string of the molecule is Cc1cc(C)n2nc(CCc3nc(-c4cccs4)c[nH]3)nc2c1. The van der Waals surface area contributed by atoms with Crippen LogP contribution in [0.5, 0.6) is 0 Å². The summed E-state index contributed by atoms with van der Waals surface area (Å²) in [5.41, 5.74) is 4.23. The minimum Gasteiger partial charge on any atom is -0.348 e. The van der Waals surface area contributed by atoms with E-state index in [0.29, 0.717) is 0 Å². The summed E-state index contributed by atoms with van der Waals surface area (Å²) in [6.07, 6.45) is 3.55. The summed E-state index contributed by atoms with van der Waals surface area (Å²) in [6.45, 7) is 4.13. The lowest BCUT2D eigenvalue weighted by Gasteiger charge is -1.98. The van der Waals surface area contributed by atoms with Crippen molar-refractivity contribution < 1.29 is 0 Å². The second-order valence-corrected chi connectivity index (χ2v) is 6.63. The topological polar surface area (TPSA) is 58.9 Å². The Balaban J connectivity index is 1.52. The summed E-state index contributed by atoms with van der Waals surface area (Å²) in [5.74, 6) is 1.83. The molecule has 0 aliphatic carbocycles. The van der Waals surface area contributed by atoms with Crippen LogP contribution in [0, 0.1) is 13.8 Å². The van der Waals surface area contributed by atoms with E-state index in [4.69, 9.17) is 0 Å². The van der Waals surface area contributed by atoms with Crippen LogP contribution in [0.2, 0.25) is 0 Å². The largest absolute Gasteiger partial charge is 0.348 e. The maximum atomic E-state index is 4.65. The third-order valence-electron chi connectivity index (χ3n) is 3.79. The molecule has 0 amide bonds. The van der Waals surface area contributed by atoms with Crippen LogP contribution >= 0.6 is 11.3 Å². The molecule has 6 heteroatoms. The monoisotopic (exact) mass is 323 g/mol. The zero-order valence-corrected chi connectivity index (χ0v) is 13.9. The Hall–Kier alpha value is -2.47. The predicted molar refractivity (Wildman–Crippen MR) is 91.8 cm³/mol. The highest BCUT2D eigenvalue weighted by molar-refractivity contribution is 7.13. The lowest BCUT2D eigenvalue weighted by Crippen LogP contribution is -1.97. The van der Waals surface area contributed by atoms with E-state index in [9.17, 15) is 0 Å². The molecule has 5 nitrogen and oxygen atoms in total. The molecule has 4 aromatic heterocycles. The fourth-order valence-corrected chi connectivity index (χ4v) is 3.42. The quantitative estimate of drug-likeness (QED) is 0.624. The van der Waals surface area contributed by atoms with Gasteiger partial charge in [0.1, 0.15) is 5.82 Å². The van der Waals surface area contributed by atoms with Crippen LogP contribution < -0.4 is 0 Å². The number of nitrogens with one attached hydrogen (secondary N) is 1. The van der Waals surface area contributed by atoms with Crippen molar-refractivity contribution in [1.82, 2.24) is 24.6 Å². The van der Waals surface area contributed by atoms with E-state index >= 15 is 0 Å². The molecule has 0 saturated heterocycles. The van der Waals surface area contributed by atoms with Crippen LogP contribution in [0.25, 0.3) is 16.2 Å². The first-order chi connectivity index (χ1) is 11.2. The minimum atomic E-state index is 0.775. The van der Waals surface area contributed by atoms with Gasteiger partial charge in [-0.15, -0.1) is 11.3 Å². The molecule has 4 heterocycles. The number of aryl methyl sites for hydroxylation is 4. The normalized spacial score (nSPS) is 11.4. The lowest BCUT2D eigenvalue weighted by molar-refractivity contribution is 0.799. The number of hydrogen-bond donors (Lipinski definition) is 1. The third kappa shape index (κ3) is 2.77. The molecule has 0 aromatic carbocycles. The van der Waals surface area contributed by atoms with Gasteiger partial charge in [0.15, 0.2) is 11.5 Å². The average molecular weight is 323 g/mol. The van der Waals surface area contributed by atoms with Gasteiger partial charge in [0.05, 0.1) is 10.6 Å². The van der Waals surface area contributed by atoms with Crippen LogP contribution in [0.3, 0.4) is 0 Å². The molecule has 1 N–H and O–H groups in total. The van der Waals surface area contributed by atoms with Crippen LogP contribution in [0.4, 0.5) is 0 Å². The first kappa shape index (κ1) is 14.1.